The molecule has 1 aliphatic heterocycles. The van der Waals surface area contributed by atoms with Crippen molar-refractivity contribution in [2.24, 2.45) is 5.92 Å². The maximum atomic E-state index is 12.0. The van der Waals surface area contributed by atoms with Crippen molar-refractivity contribution >= 4 is 6.03 Å². The summed E-state index contributed by atoms with van der Waals surface area (Å²) < 4.78 is 5.33. The Hall–Kier alpha value is -1.56. The third-order valence-corrected chi connectivity index (χ3v) is 3.16. The van der Waals surface area contributed by atoms with Gasteiger partial charge in [-0.3, -0.25) is 5.10 Å². The van der Waals surface area contributed by atoms with Crippen LogP contribution in [0.25, 0.3) is 0 Å². The molecule has 0 radical (unpaired) electrons. The number of hydrogen-bond donors (Lipinski definition) is 2. The third-order valence-electron chi connectivity index (χ3n) is 3.16. The fraction of sp³-hybridized carbons (Fsp3) is 0.667. The summed E-state index contributed by atoms with van der Waals surface area (Å²) in [5.74, 6) is 0.475. The lowest BCUT2D eigenvalue weighted by Gasteiger charge is -2.23. The predicted octanol–water partition coefficient (Wildman–Crippen LogP) is 0.978. The summed E-state index contributed by atoms with van der Waals surface area (Å²) in [5, 5.41) is 9.55. The van der Waals surface area contributed by atoms with E-state index in [1.54, 1.807) is 6.20 Å². The number of nitrogens with zero attached hydrogens (tertiary/aromatic N) is 2. The van der Waals surface area contributed by atoms with Crippen LogP contribution in [0.5, 0.6) is 0 Å². The lowest BCUT2D eigenvalue weighted by molar-refractivity contribution is 0.166. The second kappa shape index (κ2) is 6.39. The number of amides is 2. The van der Waals surface area contributed by atoms with E-state index in [4.69, 9.17) is 4.74 Å². The lowest BCUT2D eigenvalue weighted by atomic mass is 10.1. The molecule has 2 amide bonds. The minimum absolute atomic E-state index is 0.0287. The molecule has 18 heavy (non-hydrogen) atoms. The normalized spacial score (nSPS) is 18.8. The van der Waals surface area contributed by atoms with E-state index < -0.39 is 0 Å². The molecule has 100 valence electrons. The zero-order valence-electron chi connectivity index (χ0n) is 10.7. The Morgan fingerprint density at radius 3 is 3.22 bits per heavy atom. The van der Waals surface area contributed by atoms with Crippen LogP contribution in [0.1, 0.15) is 19.0 Å². The first-order chi connectivity index (χ1) is 8.79. The van der Waals surface area contributed by atoms with Gasteiger partial charge in [0.2, 0.25) is 0 Å². The number of urea groups is 1. The van der Waals surface area contributed by atoms with Crippen molar-refractivity contribution in [1.29, 1.82) is 0 Å². The number of carbonyl (C=O) groups is 1. The van der Waals surface area contributed by atoms with Crippen LogP contribution in [0.15, 0.2) is 12.3 Å². The van der Waals surface area contributed by atoms with Crippen molar-refractivity contribution in [3.63, 3.8) is 0 Å². The average Bonchev–Trinajstić information content (AvgIpc) is 3.06. The quantitative estimate of drug-likeness (QED) is 0.820. The molecule has 0 unspecified atom stereocenters. The Kier molecular flexibility index (Phi) is 4.58. The Morgan fingerprint density at radius 2 is 2.61 bits per heavy atom. The Labute approximate surface area is 107 Å². The van der Waals surface area contributed by atoms with Gasteiger partial charge in [-0.2, -0.15) is 5.10 Å². The second-order valence-corrected chi connectivity index (χ2v) is 4.51. The first-order valence-electron chi connectivity index (χ1n) is 6.38. The lowest BCUT2D eigenvalue weighted by Crippen LogP contribution is -2.42. The van der Waals surface area contributed by atoms with Gasteiger partial charge in [0.25, 0.3) is 0 Å². The molecule has 6 heteroatoms. The molecule has 1 saturated heterocycles. The third kappa shape index (κ3) is 3.46. The number of aromatic nitrogens is 2. The number of H-pyrrole nitrogens is 1. The van der Waals surface area contributed by atoms with E-state index in [1.807, 2.05) is 17.9 Å². The maximum absolute atomic E-state index is 12.0. The molecule has 1 fully saturated rings. The molecule has 1 aromatic heterocycles. The predicted molar refractivity (Wildman–Crippen MR) is 67.0 cm³/mol. The molecule has 0 aromatic carbocycles. The molecule has 6 nitrogen and oxygen atoms in total. The number of aromatic amines is 1. The number of ether oxygens (including phenoxy) is 1. The van der Waals surface area contributed by atoms with Crippen molar-refractivity contribution < 1.29 is 9.53 Å². The molecule has 0 bridgehead atoms. The highest BCUT2D eigenvalue weighted by molar-refractivity contribution is 5.74. The molecular formula is C12H20N4O2. The number of carbonyl (C=O) groups excluding carboxylic acids is 1. The van der Waals surface area contributed by atoms with Gasteiger partial charge in [0.15, 0.2) is 0 Å². The monoisotopic (exact) mass is 252 g/mol. The second-order valence-electron chi connectivity index (χ2n) is 4.51. The topological polar surface area (TPSA) is 70.2 Å². The van der Waals surface area contributed by atoms with Gasteiger partial charge in [0, 0.05) is 31.8 Å². The molecule has 0 aliphatic carbocycles. The summed E-state index contributed by atoms with van der Waals surface area (Å²) in [4.78, 5) is 13.8. The van der Waals surface area contributed by atoms with Gasteiger partial charge in [-0.05, 0) is 19.4 Å². The smallest absolute Gasteiger partial charge is 0.317 e. The molecule has 0 spiro atoms. The van der Waals surface area contributed by atoms with Gasteiger partial charge in [-0.1, -0.05) is 0 Å². The summed E-state index contributed by atoms with van der Waals surface area (Å²) in [5.41, 5.74) is 0.906. The van der Waals surface area contributed by atoms with Crippen LogP contribution < -0.4 is 5.32 Å². The van der Waals surface area contributed by atoms with Gasteiger partial charge in [0.05, 0.1) is 18.8 Å². The van der Waals surface area contributed by atoms with Gasteiger partial charge >= 0.3 is 6.03 Å². The van der Waals surface area contributed by atoms with E-state index in [-0.39, 0.29) is 6.03 Å². The van der Waals surface area contributed by atoms with Crippen molar-refractivity contribution in [3.8, 4) is 0 Å². The summed E-state index contributed by atoms with van der Waals surface area (Å²) in [7, 11) is 0. The number of rotatable bonds is 5. The molecule has 2 heterocycles. The Balaban J connectivity index is 1.77. The van der Waals surface area contributed by atoms with Crippen molar-refractivity contribution in [3.05, 3.63) is 18.0 Å². The molecule has 2 rings (SSSR count). The van der Waals surface area contributed by atoms with Crippen LogP contribution in [0, 0.1) is 5.92 Å². The van der Waals surface area contributed by atoms with E-state index in [1.165, 1.54) is 0 Å². The van der Waals surface area contributed by atoms with E-state index in [9.17, 15) is 4.79 Å². The van der Waals surface area contributed by atoms with Crippen LogP contribution >= 0.6 is 0 Å². The van der Waals surface area contributed by atoms with Crippen molar-refractivity contribution in [2.45, 2.75) is 19.9 Å². The van der Waals surface area contributed by atoms with E-state index in [0.29, 0.717) is 19.0 Å². The molecule has 2 N–H and O–H groups in total. The molecular weight excluding hydrogens is 232 g/mol. The average molecular weight is 252 g/mol. The molecule has 1 atom stereocenters. The minimum Gasteiger partial charge on any atom is -0.381 e. The van der Waals surface area contributed by atoms with Gasteiger partial charge in [0.1, 0.15) is 0 Å². The van der Waals surface area contributed by atoms with Crippen LogP contribution in [-0.4, -0.2) is 47.4 Å². The highest BCUT2D eigenvalue weighted by Crippen LogP contribution is 2.13. The van der Waals surface area contributed by atoms with E-state index in [0.717, 1.165) is 31.9 Å². The number of hydrogen-bond acceptors (Lipinski definition) is 3. The molecule has 0 saturated carbocycles. The zero-order valence-corrected chi connectivity index (χ0v) is 10.7. The zero-order chi connectivity index (χ0) is 12.8. The highest BCUT2D eigenvalue weighted by atomic mass is 16.5. The molecule has 1 aromatic rings. The fourth-order valence-electron chi connectivity index (χ4n) is 2.06. The summed E-state index contributed by atoms with van der Waals surface area (Å²) >= 11 is 0. The maximum Gasteiger partial charge on any atom is 0.317 e. The van der Waals surface area contributed by atoms with Crippen molar-refractivity contribution in [1.82, 2.24) is 20.4 Å². The van der Waals surface area contributed by atoms with Crippen molar-refractivity contribution in [2.75, 3.05) is 26.3 Å². The molecule has 1 aliphatic rings. The van der Waals surface area contributed by atoms with E-state index in [2.05, 4.69) is 15.5 Å². The van der Waals surface area contributed by atoms with Gasteiger partial charge in [-0.25, -0.2) is 4.79 Å². The van der Waals surface area contributed by atoms with Crippen LogP contribution in [-0.2, 0) is 11.3 Å². The largest absolute Gasteiger partial charge is 0.381 e. The van der Waals surface area contributed by atoms with Crippen LogP contribution in [0.3, 0.4) is 0 Å². The van der Waals surface area contributed by atoms with Gasteiger partial charge in [-0.15, -0.1) is 0 Å². The first kappa shape index (κ1) is 12.9. The SMILES string of the molecule is CCN(C[C@@H]1CCOC1)C(=O)NCc1ccn[nH]1. The Morgan fingerprint density at radius 1 is 1.72 bits per heavy atom. The summed E-state index contributed by atoms with van der Waals surface area (Å²) in [6, 6.07) is 1.82. The minimum atomic E-state index is -0.0287. The Bertz CT molecular complexity index is 360. The van der Waals surface area contributed by atoms with Gasteiger partial charge < -0.3 is 15.0 Å². The van der Waals surface area contributed by atoms with Crippen LogP contribution in [0.2, 0.25) is 0 Å². The summed E-state index contributed by atoms with van der Waals surface area (Å²) in [6.07, 6.45) is 2.72. The first-order valence-corrected chi connectivity index (χ1v) is 6.38. The van der Waals surface area contributed by atoms with E-state index >= 15 is 0 Å². The fourth-order valence-corrected chi connectivity index (χ4v) is 2.06. The van der Waals surface area contributed by atoms with Crippen LogP contribution in [0.4, 0.5) is 4.79 Å². The standard InChI is InChI=1S/C12H20N4O2/c1-2-16(8-10-4-6-18-9-10)12(17)13-7-11-3-5-14-15-11/h3,5,10H,2,4,6-9H2,1H3,(H,13,17)(H,14,15)/t10-/m0/s1. The highest BCUT2D eigenvalue weighted by Gasteiger charge is 2.21. The number of nitrogens with one attached hydrogen (secondary N) is 2. The summed E-state index contributed by atoms with van der Waals surface area (Å²) in [6.45, 7) is 5.54.